The summed E-state index contributed by atoms with van der Waals surface area (Å²) in [5.74, 6) is 0.846. The highest BCUT2D eigenvalue weighted by Crippen LogP contribution is 2.12. The zero-order valence-electron chi connectivity index (χ0n) is 9.44. The largest absolute Gasteiger partial charge is 0.303 e. The van der Waals surface area contributed by atoms with Crippen molar-refractivity contribution >= 4 is 17.3 Å². The molecule has 0 N–H and O–H groups in total. The van der Waals surface area contributed by atoms with E-state index in [1.54, 1.807) is 0 Å². The lowest BCUT2D eigenvalue weighted by molar-refractivity contribution is 0.434. The minimum Gasteiger partial charge on any atom is -0.303 e. The van der Waals surface area contributed by atoms with Crippen molar-refractivity contribution in [3.8, 4) is 0 Å². The molecular formula is C12H17ClN2. The van der Waals surface area contributed by atoms with Gasteiger partial charge in [-0.05, 0) is 5.56 Å². The van der Waals surface area contributed by atoms with E-state index < -0.39 is 0 Å². The Bertz CT molecular complexity index is 320. The van der Waals surface area contributed by atoms with E-state index in [4.69, 9.17) is 11.6 Å². The first-order chi connectivity index (χ1) is 7.15. The summed E-state index contributed by atoms with van der Waals surface area (Å²) in [6.45, 7) is 2.09. The summed E-state index contributed by atoms with van der Waals surface area (Å²) in [5.41, 5.74) is 2.18. The minimum absolute atomic E-state index is 0.261. The molecule has 1 aromatic carbocycles. The number of halogens is 1. The van der Waals surface area contributed by atoms with Gasteiger partial charge >= 0.3 is 0 Å². The van der Waals surface area contributed by atoms with Crippen molar-refractivity contribution in [3.05, 3.63) is 35.9 Å². The molecule has 0 spiro atoms. The zero-order valence-corrected chi connectivity index (χ0v) is 10.2. The Morgan fingerprint density at radius 3 is 2.40 bits per heavy atom. The fourth-order valence-electron chi connectivity index (χ4n) is 1.34. The summed E-state index contributed by atoms with van der Waals surface area (Å²) in [6.07, 6.45) is 0. The zero-order chi connectivity index (χ0) is 11.3. The topological polar surface area (TPSA) is 15.6 Å². The van der Waals surface area contributed by atoms with Crippen molar-refractivity contribution in [2.45, 2.75) is 6.92 Å². The molecule has 1 aromatic rings. The molecule has 0 bridgehead atoms. The van der Waals surface area contributed by atoms with Gasteiger partial charge in [0.1, 0.15) is 0 Å². The maximum absolute atomic E-state index is 5.88. The third kappa shape index (κ3) is 3.56. The number of hydrogen-bond donors (Lipinski definition) is 0. The fourth-order valence-corrected chi connectivity index (χ4v) is 1.48. The average molecular weight is 225 g/mol. The van der Waals surface area contributed by atoms with E-state index in [0.717, 1.165) is 11.3 Å². The molecule has 82 valence electrons. The Labute approximate surface area is 96.5 Å². The van der Waals surface area contributed by atoms with Gasteiger partial charge in [-0.3, -0.25) is 0 Å². The lowest BCUT2D eigenvalue weighted by Gasteiger charge is -2.15. The molecular weight excluding hydrogens is 208 g/mol. The van der Waals surface area contributed by atoms with Gasteiger partial charge in [0.25, 0.3) is 0 Å². The number of benzene rings is 1. The first kappa shape index (κ1) is 12.1. The van der Waals surface area contributed by atoms with Crippen LogP contribution >= 0.6 is 11.6 Å². The average Bonchev–Trinajstić information content (AvgIpc) is 2.26. The summed E-state index contributed by atoms with van der Waals surface area (Å²) in [6, 6.07) is 10.2. The Morgan fingerprint density at radius 2 is 1.93 bits per heavy atom. The second kappa shape index (κ2) is 5.76. The number of alkyl halides is 1. The summed E-state index contributed by atoms with van der Waals surface area (Å²) in [4.78, 5) is 0. The normalized spacial score (nSPS) is 13.7. The molecule has 1 rings (SSSR count). The quantitative estimate of drug-likeness (QED) is 0.436. The van der Waals surface area contributed by atoms with Crippen LogP contribution in [0.4, 0.5) is 0 Å². The minimum atomic E-state index is 0.261. The SMILES string of the molecule is CC(CCl)C(=NN(C)C)c1ccccc1. The van der Waals surface area contributed by atoms with Crippen LogP contribution in [0.15, 0.2) is 35.4 Å². The van der Waals surface area contributed by atoms with E-state index in [1.165, 1.54) is 0 Å². The highest BCUT2D eigenvalue weighted by atomic mass is 35.5. The smallest absolute Gasteiger partial charge is 0.0717 e. The summed E-state index contributed by atoms with van der Waals surface area (Å²) in [5, 5.41) is 6.29. The van der Waals surface area contributed by atoms with Gasteiger partial charge in [-0.1, -0.05) is 37.3 Å². The van der Waals surface area contributed by atoms with Crippen molar-refractivity contribution in [1.82, 2.24) is 5.01 Å². The summed E-state index contributed by atoms with van der Waals surface area (Å²) in [7, 11) is 3.84. The lowest BCUT2D eigenvalue weighted by atomic mass is 10.0. The number of hydrogen-bond acceptors (Lipinski definition) is 2. The Balaban J connectivity index is 3.02. The molecule has 0 saturated heterocycles. The van der Waals surface area contributed by atoms with Crippen LogP contribution in [-0.4, -0.2) is 30.7 Å². The Morgan fingerprint density at radius 1 is 1.33 bits per heavy atom. The van der Waals surface area contributed by atoms with E-state index in [2.05, 4.69) is 24.2 Å². The molecule has 0 saturated carbocycles. The monoisotopic (exact) mass is 224 g/mol. The molecule has 0 fully saturated rings. The van der Waals surface area contributed by atoms with Crippen LogP contribution in [0.5, 0.6) is 0 Å². The second-order valence-corrected chi connectivity index (χ2v) is 4.06. The van der Waals surface area contributed by atoms with E-state index >= 15 is 0 Å². The van der Waals surface area contributed by atoms with Gasteiger partial charge in [-0.25, -0.2) is 0 Å². The first-order valence-corrected chi connectivity index (χ1v) is 5.55. The molecule has 2 nitrogen and oxygen atoms in total. The van der Waals surface area contributed by atoms with Crippen molar-refractivity contribution in [2.75, 3.05) is 20.0 Å². The maximum Gasteiger partial charge on any atom is 0.0717 e. The third-order valence-corrected chi connectivity index (χ3v) is 2.54. The Hall–Kier alpha value is -1.02. The van der Waals surface area contributed by atoms with Crippen molar-refractivity contribution in [2.24, 2.45) is 11.0 Å². The molecule has 0 aromatic heterocycles. The molecule has 0 radical (unpaired) electrons. The molecule has 0 aliphatic rings. The van der Waals surface area contributed by atoms with Gasteiger partial charge in [0.2, 0.25) is 0 Å². The highest BCUT2D eigenvalue weighted by molar-refractivity contribution is 6.20. The predicted octanol–water partition coefficient (Wildman–Crippen LogP) is 2.83. The van der Waals surface area contributed by atoms with Crippen LogP contribution < -0.4 is 0 Å². The van der Waals surface area contributed by atoms with Crippen LogP contribution in [-0.2, 0) is 0 Å². The first-order valence-electron chi connectivity index (χ1n) is 5.02. The molecule has 0 aliphatic heterocycles. The standard InChI is InChI=1S/C12H17ClN2/c1-10(9-13)12(14-15(2)3)11-7-5-4-6-8-11/h4-8,10H,9H2,1-3H3. The second-order valence-electron chi connectivity index (χ2n) is 3.75. The van der Waals surface area contributed by atoms with Gasteiger partial charge in [0, 0.05) is 25.9 Å². The van der Waals surface area contributed by atoms with Crippen molar-refractivity contribution < 1.29 is 0 Å². The van der Waals surface area contributed by atoms with E-state index in [-0.39, 0.29) is 5.92 Å². The maximum atomic E-state index is 5.88. The number of nitrogens with zero attached hydrogens (tertiary/aromatic N) is 2. The van der Waals surface area contributed by atoms with E-state index in [9.17, 15) is 0 Å². The highest BCUT2D eigenvalue weighted by Gasteiger charge is 2.12. The summed E-state index contributed by atoms with van der Waals surface area (Å²) < 4.78 is 0. The molecule has 1 atom stereocenters. The van der Waals surface area contributed by atoms with Gasteiger partial charge in [0.15, 0.2) is 0 Å². The fraction of sp³-hybridized carbons (Fsp3) is 0.417. The van der Waals surface area contributed by atoms with Gasteiger partial charge in [0.05, 0.1) is 5.71 Å². The molecule has 1 unspecified atom stereocenters. The van der Waals surface area contributed by atoms with Crippen LogP contribution in [0, 0.1) is 5.92 Å². The van der Waals surface area contributed by atoms with Gasteiger partial charge < -0.3 is 5.01 Å². The van der Waals surface area contributed by atoms with Crippen LogP contribution in [0.2, 0.25) is 0 Å². The number of rotatable bonds is 4. The van der Waals surface area contributed by atoms with E-state index in [1.807, 2.05) is 37.3 Å². The van der Waals surface area contributed by atoms with Crippen LogP contribution in [0.3, 0.4) is 0 Å². The van der Waals surface area contributed by atoms with E-state index in [0.29, 0.717) is 5.88 Å². The van der Waals surface area contributed by atoms with Gasteiger partial charge in [-0.15, -0.1) is 11.6 Å². The van der Waals surface area contributed by atoms with Crippen LogP contribution in [0.1, 0.15) is 12.5 Å². The molecule has 3 heteroatoms. The Kier molecular flexibility index (Phi) is 4.63. The van der Waals surface area contributed by atoms with Crippen molar-refractivity contribution in [1.29, 1.82) is 0 Å². The molecule has 0 aliphatic carbocycles. The third-order valence-electron chi connectivity index (χ3n) is 2.08. The van der Waals surface area contributed by atoms with Gasteiger partial charge in [-0.2, -0.15) is 5.10 Å². The van der Waals surface area contributed by atoms with Crippen molar-refractivity contribution in [3.63, 3.8) is 0 Å². The lowest BCUT2D eigenvalue weighted by Crippen LogP contribution is -2.18. The molecule has 0 heterocycles. The predicted molar refractivity (Wildman–Crippen MR) is 66.6 cm³/mol. The molecule has 0 amide bonds. The number of hydrazone groups is 1. The summed E-state index contributed by atoms with van der Waals surface area (Å²) >= 11 is 5.88. The van der Waals surface area contributed by atoms with Crippen LogP contribution in [0.25, 0.3) is 0 Å². The molecule has 15 heavy (non-hydrogen) atoms.